The van der Waals surface area contributed by atoms with Gasteiger partial charge in [-0.25, -0.2) is 0 Å². The topological polar surface area (TPSA) is 49.5 Å². The van der Waals surface area contributed by atoms with E-state index in [1.54, 1.807) is 0 Å². The Labute approximate surface area is 110 Å². The standard InChI is InChI=1S/C15H24N2O/c1-17(2)13-7-5-12(6-8-13)14(18)15(11-16)9-3-4-10-15/h5-8,14,18H,3-4,9-11,16H2,1-2H3. The van der Waals surface area contributed by atoms with Crippen LogP contribution < -0.4 is 10.6 Å². The zero-order chi connectivity index (χ0) is 13.2. The van der Waals surface area contributed by atoms with Gasteiger partial charge in [-0.1, -0.05) is 25.0 Å². The summed E-state index contributed by atoms with van der Waals surface area (Å²) < 4.78 is 0. The molecule has 0 amide bonds. The van der Waals surface area contributed by atoms with E-state index in [-0.39, 0.29) is 5.41 Å². The molecular formula is C15H24N2O. The summed E-state index contributed by atoms with van der Waals surface area (Å²) >= 11 is 0. The second-order valence-electron chi connectivity index (χ2n) is 5.66. The number of aliphatic hydroxyl groups excluding tert-OH is 1. The predicted molar refractivity (Wildman–Crippen MR) is 75.7 cm³/mol. The monoisotopic (exact) mass is 248 g/mol. The van der Waals surface area contributed by atoms with Gasteiger partial charge >= 0.3 is 0 Å². The zero-order valence-corrected chi connectivity index (χ0v) is 11.4. The average molecular weight is 248 g/mol. The van der Waals surface area contributed by atoms with Crippen LogP contribution in [0.5, 0.6) is 0 Å². The van der Waals surface area contributed by atoms with E-state index in [4.69, 9.17) is 5.73 Å². The molecule has 1 aliphatic rings. The minimum atomic E-state index is -0.429. The predicted octanol–water partition coefficient (Wildman–Crippen LogP) is 2.31. The number of hydrogen-bond acceptors (Lipinski definition) is 3. The Morgan fingerprint density at radius 1 is 1.22 bits per heavy atom. The summed E-state index contributed by atoms with van der Waals surface area (Å²) in [5.74, 6) is 0. The first-order chi connectivity index (χ1) is 8.59. The molecule has 1 aromatic carbocycles. The van der Waals surface area contributed by atoms with E-state index in [1.807, 2.05) is 26.2 Å². The summed E-state index contributed by atoms with van der Waals surface area (Å²) in [6, 6.07) is 8.15. The Kier molecular flexibility index (Phi) is 3.93. The molecule has 1 unspecified atom stereocenters. The number of aliphatic hydroxyl groups is 1. The molecule has 0 spiro atoms. The van der Waals surface area contributed by atoms with Crippen LogP contribution in [0.1, 0.15) is 37.4 Å². The van der Waals surface area contributed by atoms with Gasteiger partial charge in [-0.05, 0) is 30.5 Å². The highest BCUT2D eigenvalue weighted by Gasteiger charge is 2.39. The largest absolute Gasteiger partial charge is 0.388 e. The Bertz CT molecular complexity index is 380. The minimum absolute atomic E-state index is 0.0976. The number of nitrogens with zero attached hydrogens (tertiary/aromatic N) is 1. The first-order valence-corrected chi connectivity index (χ1v) is 6.74. The molecule has 1 aliphatic carbocycles. The van der Waals surface area contributed by atoms with Crippen LogP contribution >= 0.6 is 0 Å². The highest BCUT2D eigenvalue weighted by molar-refractivity contribution is 5.46. The van der Waals surface area contributed by atoms with Crippen molar-refractivity contribution < 1.29 is 5.11 Å². The molecule has 0 saturated heterocycles. The second kappa shape index (κ2) is 5.29. The molecule has 0 aromatic heterocycles. The average Bonchev–Trinajstić information content (AvgIpc) is 2.88. The Morgan fingerprint density at radius 2 is 1.78 bits per heavy atom. The summed E-state index contributed by atoms with van der Waals surface area (Å²) in [4.78, 5) is 2.06. The van der Waals surface area contributed by atoms with Crippen LogP contribution in [0.3, 0.4) is 0 Å². The number of rotatable bonds is 4. The van der Waals surface area contributed by atoms with E-state index < -0.39 is 6.10 Å². The third-order valence-electron chi connectivity index (χ3n) is 4.31. The maximum Gasteiger partial charge on any atom is 0.0858 e. The molecule has 18 heavy (non-hydrogen) atoms. The maximum absolute atomic E-state index is 10.6. The molecule has 3 nitrogen and oxygen atoms in total. The van der Waals surface area contributed by atoms with E-state index in [0.717, 1.165) is 24.1 Å². The van der Waals surface area contributed by atoms with Crippen molar-refractivity contribution in [2.45, 2.75) is 31.8 Å². The summed E-state index contributed by atoms with van der Waals surface area (Å²) in [7, 11) is 4.04. The summed E-state index contributed by atoms with van der Waals surface area (Å²) in [5.41, 5.74) is 7.96. The quantitative estimate of drug-likeness (QED) is 0.859. The normalized spacial score (nSPS) is 19.8. The molecule has 2 rings (SSSR count). The van der Waals surface area contributed by atoms with Gasteiger partial charge in [0.25, 0.3) is 0 Å². The molecular weight excluding hydrogens is 224 g/mol. The number of benzene rings is 1. The van der Waals surface area contributed by atoms with Crippen LogP contribution in [-0.4, -0.2) is 25.7 Å². The molecule has 3 N–H and O–H groups in total. The lowest BCUT2D eigenvalue weighted by molar-refractivity contribution is 0.0333. The van der Waals surface area contributed by atoms with Crippen LogP contribution in [0.25, 0.3) is 0 Å². The van der Waals surface area contributed by atoms with Crippen molar-refractivity contribution in [1.29, 1.82) is 0 Å². The van der Waals surface area contributed by atoms with E-state index in [1.165, 1.54) is 12.8 Å². The molecule has 1 aromatic rings. The molecule has 0 aliphatic heterocycles. The Hall–Kier alpha value is -1.06. The molecule has 3 heteroatoms. The van der Waals surface area contributed by atoms with Crippen LogP contribution in [0.2, 0.25) is 0 Å². The van der Waals surface area contributed by atoms with E-state index in [2.05, 4.69) is 17.0 Å². The molecule has 100 valence electrons. The van der Waals surface area contributed by atoms with Crippen molar-refractivity contribution in [1.82, 2.24) is 0 Å². The smallest absolute Gasteiger partial charge is 0.0858 e. The van der Waals surface area contributed by atoms with Gasteiger partial charge in [0, 0.05) is 31.7 Å². The number of anilines is 1. The van der Waals surface area contributed by atoms with Crippen molar-refractivity contribution in [2.24, 2.45) is 11.1 Å². The third-order valence-corrected chi connectivity index (χ3v) is 4.31. The lowest BCUT2D eigenvalue weighted by atomic mass is 9.77. The summed E-state index contributed by atoms with van der Waals surface area (Å²) in [6.45, 7) is 0.573. The Balaban J connectivity index is 2.20. The molecule has 0 heterocycles. The SMILES string of the molecule is CN(C)c1ccc(C(O)C2(CN)CCCC2)cc1. The molecule has 1 atom stereocenters. The summed E-state index contributed by atoms with van der Waals surface area (Å²) in [5, 5.41) is 10.6. The van der Waals surface area contributed by atoms with Gasteiger partial charge in [0.1, 0.15) is 0 Å². The van der Waals surface area contributed by atoms with Crippen molar-refractivity contribution in [3.63, 3.8) is 0 Å². The van der Waals surface area contributed by atoms with E-state index in [0.29, 0.717) is 6.54 Å². The number of nitrogens with two attached hydrogens (primary N) is 1. The van der Waals surface area contributed by atoms with Gasteiger partial charge in [0.2, 0.25) is 0 Å². The highest BCUT2D eigenvalue weighted by Crippen LogP contribution is 2.46. The van der Waals surface area contributed by atoms with Gasteiger partial charge in [-0.3, -0.25) is 0 Å². The molecule has 1 fully saturated rings. The zero-order valence-electron chi connectivity index (χ0n) is 11.4. The molecule has 1 saturated carbocycles. The lowest BCUT2D eigenvalue weighted by Crippen LogP contribution is -2.34. The first kappa shape index (κ1) is 13.4. The highest BCUT2D eigenvalue weighted by atomic mass is 16.3. The van der Waals surface area contributed by atoms with Gasteiger partial charge in [0.15, 0.2) is 0 Å². The fourth-order valence-corrected chi connectivity index (χ4v) is 2.98. The second-order valence-corrected chi connectivity index (χ2v) is 5.66. The molecule has 0 bridgehead atoms. The van der Waals surface area contributed by atoms with Crippen molar-refractivity contribution in [3.05, 3.63) is 29.8 Å². The third kappa shape index (κ3) is 2.38. The first-order valence-electron chi connectivity index (χ1n) is 6.74. The van der Waals surface area contributed by atoms with Gasteiger partial charge in [-0.2, -0.15) is 0 Å². The fraction of sp³-hybridized carbons (Fsp3) is 0.600. The van der Waals surface area contributed by atoms with Gasteiger partial charge in [-0.15, -0.1) is 0 Å². The van der Waals surface area contributed by atoms with Gasteiger partial charge in [0.05, 0.1) is 6.10 Å². The fourth-order valence-electron chi connectivity index (χ4n) is 2.98. The molecule has 0 radical (unpaired) electrons. The number of hydrogen-bond donors (Lipinski definition) is 2. The lowest BCUT2D eigenvalue weighted by Gasteiger charge is -2.33. The Morgan fingerprint density at radius 3 is 2.22 bits per heavy atom. The van der Waals surface area contributed by atoms with Crippen molar-refractivity contribution in [2.75, 3.05) is 25.5 Å². The van der Waals surface area contributed by atoms with Crippen LogP contribution in [0, 0.1) is 5.41 Å². The van der Waals surface area contributed by atoms with Crippen LogP contribution in [0.15, 0.2) is 24.3 Å². The van der Waals surface area contributed by atoms with Gasteiger partial charge < -0.3 is 15.7 Å². The van der Waals surface area contributed by atoms with Crippen LogP contribution in [-0.2, 0) is 0 Å². The van der Waals surface area contributed by atoms with Crippen molar-refractivity contribution in [3.8, 4) is 0 Å². The van der Waals surface area contributed by atoms with Crippen LogP contribution in [0.4, 0.5) is 5.69 Å². The van der Waals surface area contributed by atoms with E-state index in [9.17, 15) is 5.11 Å². The maximum atomic E-state index is 10.6. The summed E-state index contributed by atoms with van der Waals surface area (Å²) in [6.07, 6.45) is 4.02. The van der Waals surface area contributed by atoms with E-state index >= 15 is 0 Å². The van der Waals surface area contributed by atoms with Crippen molar-refractivity contribution >= 4 is 5.69 Å². The minimum Gasteiger partial charge on any atom is -0.388 e.